The first-order valence-corrected chi connectivity index (χ1v) is 6.43. The SMILES string of the molecule is O=C(NCCC(=O)N1CCCC1CO)c1ccoc1. The average Bonchev–Trinajstić information content (AvgIpc) is 3.09. The summed E-state index contributed by atoms with van der Waals surface area (Å²) in [5, 5.41) is 11.8. The van der Waals surface area contributed by atoms with Crippen LogP contribution in [0.25, 0.3) is 0 Å². The highest BCUT2D eigenvalue weighted by atomic mass is 16.3. The number of hydrogen-bond donors (Lipinski definition) is 2. The van der Waals surface area contributed by atoms with Gasteiger partial charge in [-0.1, -0.05) is 0 Å². The van der Waals surface area contributed by atoms with Crippen molar-refractivity contribution in [3.05, 3.63) is 24.2 Å². The van der Waals surface area contributed by atoms with Gasteiger partial charge in [0.15, 0.2) is 0 Å². The fraction of sp³-hybridized carbons (Fsp3) is 0.538. The van der Waals surface area contributed by atoms with Crippen LogP contribution >= 0.6 is 0 Å². The smallest absolute Gasteiger partial charge is 0.254 e. The van der Waals surface area contributed by atoms with Crippen LogP contribution in [0.1, 0.15) is 29.6 Å². The lowest BCUT2D eigenvalue weighted by molar-refractivity contribution is -0.132. The van der Waals surface area contributed by atoms with Crippen LogP contribution in [0.5, 0.6) is 0 Å². The van der Waals surface area contributed by atoms with E-state index >= 15 is 0 Å². The number of carbonyl (C=O) groups excluding carboxylic acids is 2. The summed E-state index contributed by atoms with van der Waals surface area (Å²) in [6, 6.07) is 1.51. The summed E-state index contributed by atoms with van der Waals surface area (Å²) < 4.78 is 4.81. The zero-order valence-electron chi connectivity index (χ0n) is 10.7. The molecule has 19 heavy (non-hydrogen) atoms. The lowest BCUT2D eigenvalue weighted by Gasteiger charge is -2.23. The van der Waals surface area contributed by atoms with E-state index in [-0.39, 0.29) is 37.4 Å². The highest BCUT2D eigenvalue weighted by Crippen LogP contribution is 2.17. The number of hydrogen-bond acceptors (Lipinski definition) is 4. The fourth-order valence-corrected chi connectivity index (χ4v) is 2.28. The van der Waals surface area contributed by atoms with E-state index < -0.39 is 0 Å². The number of likely N-dealkylation sites (tertiary alicyclic amines) is 1. The van der Waals surface area contributed by atoms with Crippen LogP contribution in [0, 0.1) is 0 Å². The largest absolute Gasteiger partial charge is 0.472 e. The molecule has 0 saturated carbocycles. The number of aliphatic hydroxyl groups is 1. The molecule has 1 saturated heterocycles. The molecule has 2 rings (SSSR count). The Morgan fingerprint density at radius 3 is 3.05 bits per heavy atom. The third-order valence-corrected chi connectivity index (χ3v) is 3.32. The van der Waals surface area contributed by atoms with Crippen molar-refractivity contribution in [1.29, 1.82) is 0 Å². The summed E-state index contributed by atoms with van der Waals surface area (Å²) in [7, 11) is 0. The number of aliphatic hydroxyl groups excluding tert-OH is 1. The molecule has 0 spiro atoms. The van der Waals surface area contributed by atoms with E-state index in [4.69, 9.17) is 9.52 Å². The number of amides is 2. The van der Waals surface area contributed by atoms with Gasteiger partial charge in [0.1, 0.15) is 6.26 Å². The van der Waals surface area contributed by atoms with Crippen molar-refractivity contribution in [2.45, 2.75) is 25.3 Å². The van der Waals surface area contributed by atoms with Crippen LogP contribution in [0.3, 0.4) is 0 Å². The Morgan fingerprint density at radius 1 is 1.53 bits per heavy atom. The second-order valence-electron chi connectivity index (χ2n) is 4.58. The quantitative estimate of drug-likeness (QED) is 0.807. The molecule has 1 aliphatic rings. The highest BCUT2D eigenvalue weighted by Gasteiger charge is 2.27. The van der Waals surface area contributed by atoms with Gasteiger partial charge in [0, 0.05) is 19.5 Å². The number of carbonyl (C=O) groups is 2. The minimum absolute atomic E-state index is 0.00706. The van der Waals surface area contributed by atoms with E-state index in [1.54, 1.807) is 11.0 Å². The molecule has 6 heteroatoms. The normalized spacial score (nSPS) is 18.6. The molecule has 2 amide bonds. The summed E-state index contributed by atoms with van der Waals surface area (Å²) in [6.45, 7) is 0.990. The number of furan rings is 1. The lowest BCUT2D eigenvalue weighted by atomic mass is 10.2. The molecule has 1 atom stereocenters. The molecule has 1 aromatic rings. The van der Waals surface area contributed by atoms with Gasteiger partial charge in [0.25, 0.3) is 5.91 Å². The minimum Gasteiger partial charge on any atom is -0.472 e. The number of nitrogens with one attached hydrogen (secondary N) is 1. The Labute approximate surface area is 111 Å². The standard InChI is InChI=1S/C13H18N2O4/c16-8-11-2-1-6-15(11)12(17)3-5-14-13(18)10-4-7-19-9-10/h4,7,9,11,16H,1-3,5-6,8H2,(H,14,18). The van der Waals surface area contributed by atoms with E-state index in [1.165, 1.54) is 12.5 Å². The second-order valence-corrected chi connectivity index (χ2v) is 4.58. The van der Waals surface area contributed by atoms with E-state index in [0.29, 0.717) is 12.1 Å². The minimum atomic E-state index is -0.248. The molecule has 2 N–H and O–H groups in total. The molecule has 1 aliphatic heterocycles. The Hall–Kier alpha value is -1.82. The zero-order valence-corrected chi connectivity index (χ0v) is 10.7. The number of nitrogens with zero attached hydrogens (tertiary/aromatic N) is 1. The van der Waals surface area contributed by atoms with Crippen LogP contribution in [0.15, 0.2) is 23.0 Å². The molecule has 2 heterocycles. The van der Waals surface area contributed by atoms with Crippen molar-refractivity contribution in [2.24, 2.45) is 0 Å². The molecule has 1 unspecified atom stereocenters. The van der Waals surface area contributed by atoms with Gasteiger partial charge in [-0.3, -0.25) is 9.59 Å². The summed E-state index contributed by atoms with van der Waals surface area (Å²) >= 11 is 0. The van der Waals surface area contributed by atoms with Crippen molar-refractivity contribution in [3.8, 4) is 0 Å². The molecular formula is C13H18N2O4. The Bertz CT molecular complexity index is 430. The Balaban J connectivity index is 1.73. The molecule has 0 radical (unpaired) electrons. The van der Waals surface area contributed by atoms with Crippen molar-refractivity contribution in [2.75, 3.05) is 19.7 Å². The molecule has 0 aromatic carbocycles. The third kappa shape index (κ3) is 3.35. The van der Waals surface area contributed by atoms with E-state index in [9.17, 15) is 9.59 Å². The summed E-state index contributed by atoms with van der Waals surface area (Å²) in [4.78, 5) is 25.2. The maximum atomic E-state index is 11.9. The van der Waals surface area contributed by atoms with Gasteiger partial charge in [-0.05, 0) is 18.9 Å². The highest BCUT2D eigenvalue weighted by molar-refractivity contribution is 5.94. The maximum absolute atomic E-state index is 11.9. The van der Waals surface area contributed by atoms with Gasteiger partial charge >= 0.3 is 0 Å². The van der Waals surface area contributed by atoms with E-state index in [1.807, 2.05) is 0 Å². The van der Waals surface area contributed by atoms with Crippen molar-refractivity contribution < 1.29 is 19.1 Å². The average molecular weight is 266 g/mol. The predicted molar refractivity (Wildman–Crippen MR) is 67.5 cm³/mol. The monoisotopic (exact) mass is 266 g/mol. The van der Waals surface area contributed by atoms with E-state index in [2.05, 4.69) is 5.32 Å². The first kappa shape index (κ1) is 13.6. The Morgan fingerprint density at radius 2 is 2.37 bits per heavy atom. The first-order chi connectivity index (χ1) is 9.22. The van der Waals surface area contributed by atoms with Crippen LogP contribution in [0.2, 0.25) is 0 Å². The van der Waals surface area contributed by atoms with Crippen LogP contribution in [-0.2, 0) is 4.79 Å². The van der Waals surface area contributed by atoms with Gasteiger partial charge in [-0.2, -0.15) is 0 Å². The summed E-state index contributed by atoms with van der Waals surface area (Å²) in [5.41, 5.74) is 0.446. The van der Waals surface area contributed by atoms with Crippen LogP contribution in [0.4, 0.5) is 0 Å². The Kier molecular flexibility index (Phi) is 4.57. The topological polar surface area (TPSA) is 82.8 Å². The third-order valence-electron chi connectivity index (χ3n) is 3.32. The van der Waals surface area contributed by atoms with Gasteiger partial charge in [0.2, 0.25) is 5.91 Å². The maximum Gasteiger partial charge on any atom is 0.254 e. The molecule has 1 fully saturated rings. The van der Waals surface area contributed by atoms with Gasteiger partial charge in [-0.15, -0.1) is 0 Å². The molecule has 6 nitrogen and oxygen atoms in total. The van der Waals surface area contributed by atoms with Crippen molar-refractivity contribution in [3.63, 3.8) is 0 Å². The van der Waals surface area contributed by atoms with Gasteiger partial charge in [-0.25, -0.2) is 0 Å². The molecular weight excluding hydrogens is 248 g/mol. The van der Waals surface area contributed by atoms with E-state index in [0.717, 1.165) is 12.8 Å². The number of rotatable bonds is 5. The first-order valence-electron chi connectivity index (χ1n) is 6.43. The predicted octanol–water partition coefficient (Wildman–Crippen LogP) is 0.383. The lowest BCUT2D eigenvalue weighted by Crippen LogP contribution is -2.39. The summed E-state index contributed by atoms with van der Waals surface area (Å²) in [5.74, 6) is -0.272. The zero-order chi connectivity index (χ0) is 13.7. The van der Waals surface area contributed by atoms with Crippen LogP contribution < -0.4 is 5.32 Å². The summed E-state index contributed by atoms with van der Waals surface area (Å²) in [6.07, 6.45) is 4.82. The van der Waals surface area contributed by atoms with Gasteiger partial charge < -0.3 is 19.7 Å². The molecule has 0 aliphatic carbocycles. The fourth-order valence-electron chi connectivity index (χ4n) is 2.28. The van der Waals surface area contributed by atoms with Crippen molar-refractivity contribution >= 4 is 11.8 Å². The second kappa shape index (κ2) is 6.38. The molecule has 0 bridgehead atoms. The molecule has 1 aromatic heterocycles. The molecule has 104 valence electrons. The van der Waals surface area contributed by atoms with Gasteiger partial charge in [0.05, 0.1) is 24.5 Å². The van der Waals surface area contributed by atoms with Crippen LogP contribution in [-0.4, -0.2) is 47.6 Å². The van der Waals surface area contributed by atoms with Crippen molar-refractivity contribution in [1.82, 2.24) is 10.2 Å².